The van der Waals surface area contributed by atoms with Crippen molar-refractivity contribution in [1.82, 2.24) is 4.98 Å². The van der Waals surface area contributed by atoms with Crippen LogP contribution in [0.1, 0.15) is 22.9 Å². The maximum absolute atomic E-state index is 9.99. The van der Waals surface area contributed by atoms with Gasteiger partial charge in [0.05, 0.1) is 6.10 Å². The lowest BCUT2D eigenvalue weighted by atomic mass is 10.0. The van der Waals surface area contributed by atoms with Gasteiger partial charge in [-0.15, -0.1) is 0 Å². The topological polar surface area (TPSA) is 33.1 Å². The van der Waals surface area contributed by atoms with Crippen LogP contribution in [0.25, 0.3) is 0 Å². The molecule has 2 rings (SSSR count). The van der Waals surface area contributed by atoms with E-state index in [9.17, 15) is 5.11 Å². The first kappa shape index (κ1) is 10.3. The zero-order valence-electron chi connectivity index (χ0n) is 8.55. The molecule has 0 aliphatic heterocycles. The first-order valence-electron chi connectivity index (χ1n) is 4.87. The van der Waals surface area contributed by atoms with Crippen LogP contribution in [0.15, 0.2) is 35.2 Å². The zero-order chi connectivity index (χ0) is 10.7. The number of hydrogen-bond donors (Lipinski definition) is 1. The van der Waals surface area contributed by atoms with Gasteiger partial charge in [-0.3, -0.25) is 4.98 Å². The smallest absolute Gasteiger partial charge is 0.0831 e. The second-order valence-corrected chi connectivity index (χ2v) is 4.36. The molecular formula is C12H13NOS. The van der Waals surface area contributed by atoms with Crippen molar-refractivity contribution in [3.63, 3.8) is 0 Å². The molecule has 3 heteroatoms. The summed E-state index contributed by atoms with van der Waals surface area (Å²) in [4.78, 5) is 4.11. The lowest BCUT2D eigenvalue weighted by Crippen LogP contribution is -2.01. The zero-order valence-corrected chi connectivity index (χ0v) is 9.37. The Kier molecular flexibility index (Phi) is 3.14. The van der Waals surface area contributed by atoms with Gasteiger partial charge in [-0.2, -0.15) is 11.3 Å². The number of aryl methyl sites for hydroxylation is 1. The minimum atomic E-state index is -0.429. The van der Waals surface area contributed by atoms with Crippen LogP contribution in [0.2, 0.25) is 0 Å². The van der Waals surface area contributed by atoms with E-state index < -0.39 is 6.10 Å². The van der Waals surface area contributed by atoms with Gasteiger partial charge in [-0.05, 0) is 47.0 Å². The molecule has 2 heterocycles. The van der Waals surface area contributed by atoms with E-state index in [4.69, 9.17) is 0 Å². The molecule has 2 aromatic rings. The summed E-state index contributed by atoms with van der Waals surface area (Å²) in [7, 11) is 0. The van der Waals surface area contributed by atoms with E-state index in [0.717, 1.165) is 11.3 Å². The number of hydrogen-bond acceptors (Lipinski definition) is 3. The van der Waals surface area contributed by atoms with Gasteiger partial charge >= 0.3 is 0 Å². The van der Waals surface area contributed by atoms with Crippen LogP contribution in [0.5, 0.6) is 0 Å². The third-order valence-electron chi connectivity index (χ3n) is 2.31. The van der Waals surface area contributed by atoms with Crippen molar-refractivity contribution in [2.75, 3.05) is 0 Å². The molecule has 0 saturated heterocycles. The molecule has 0 radical (unpaired) electrons. The molecule has 2 nitrogen and oxygen atoms in total. The maximum Gasteiger partial charge on any atom is 0.0831 e. The molecular weight excluding hydrogens is 206 g/mol. The Morgan fingerprint density at radius 2 is 2.33 bits per heavy atom. The van der Waals surface area contributed by atoms with Crippen LogP contribution >= 0.6 is 11.3 Å². The van der Waals surface area contributed by atoms with Crippen molar-refractivity contribution < 1.29 is 5.11 Å². The third kappa shape index (κ3) is 2.64. The SMILES string of the molecule is Cc1cc(C(O)Cc2ccsc2)ccn1. The maximum atomic E-state index is 9.99. The summed E-state index contributed by atoms with van der Waals surface area (Å²) in [6.07, 6.45) is 1.98. The molecule has 0 aliphatic carbocycles. The Hall–Kier alpha value is -1.19. The first-order chi connectivity index (χ1) is 7.25. The number of aromatic nitrogens is 1. The molecule has 0 aliphatic rings. The quantitative estimate of drug-likeness (QED) is 0.861. The van der Waals surface area contributed by atoms with Gasteiger partial charge in [0.1, 0.15) is 0 Å². The van der Waals surface area contributed by atoms with E-state index in [-0.39, 0.29) is 0 Å². The molecule has 0 saturated carbocycles. The second kappa shape index (κ2) is 4.55. The summed E-state index contributed by atoms with van der Waals surface area (Å²) in [5.74, 6) is 0. The molecule has 1 N–H and O–H groups in total. The van der Waals surface area contributed by atoms with Crippen LogP contribution in [-0.4, -0.2) is 10.1 Å². The summed E-state index contributed by atoms with van der Waals surface area (Å²) in [6.45, 7) is 1.93. The first-order valence-corrected chi connectivity index (χ1v) is 5.81. The van der Waals surface area contributed by atoms with E-state index in [2.05, 4.69) is 10.4 Å². The van der Waals surface area contributed by atoms with E-state index in [1.165, 1.54) is 5.56 Å². The second-order valence-electron chi connectivity index (χ2n) is 3.58. The van der Waals surface area contributed by atoms with Crippen molar-refractivity contribution in [3.8, 4) is 0 Å². The number of aliphatic hydroxyl groups excluding tert-OH is 1. The Morgan fingerprint density at radius 3 is 3.00 bits per heavy atom. The molecule has 1 atom stereocenters. The largest absolute Gasteiger partial charge is 0.388 e. The number of nitrogens with zero attached hydrogens (tertiary/aromatic N) is 1. The summed E-state index contributed by atoms with van der Waals surface area (Å²) < 4.78 is 0. The number of thiophene rings is 1. The monoisotopic (exact) mass is 219 g/mol. The highest BCUT2D eigenvalue weighted by atomic mass is 32.1. The minimum Gasteiger partial charge on any atom is -0.388 e. The molecule has 2 aromatic heterocycles. The van der Waals surface area contributed by atoms with Crippen molar-refractivity contribution in [2.24, 2.45) is 0 Å². The fourth-order valence-corrected chi connectivity index (χ4v) is 2.21. The molecule has 0 amide bonds. The van der Waals surface area contributed by atoms with Gasteiger partial charge in [-0.1, -0.05) is 0 Å². The van der Waals surface area contributed by atoms with E-state index in [1.807, 2.05) is 30.5 Å². The highest BCUT2D eigenvalue weighted by Crippen LogP contribution is 2.19. The highest BCUT2D eigenvalue weighted by Gasteiger charge is 2.08. The van der Waals surface area contributed by atoms with Crippen molar-refractivity contribution >= 4 is 11.3 Å². The van der Waals surface area contributed by atoms with Gasteiger partial charge in [0, 0.05) is 18.3 Å². The van der Waals surface area contributed by atoms with Crippen molar-refractivity contribution in [2.45, 2.75) is 19.4 Å². The van der Waals surface area contributed by atoms with Crippen LogP contribution in [-0.2, 0) is 6.42 Å². The molecule has 0 spiro atoms. The summed E-state index contributed by atoms with van der Waals surface area (Å²) in [5.41, 5.74) is 3.06. The van der Waals surface area contributed by atoms with E-state index >= 15 is 0 Å². The van der Waals surface area contributed by atoms with E-state index in [1.54, 1.807) is 17.5 Å². The number of pyridine rings is 1. The van der Waals surface area contributed by atoms with Crippen LogP contribution < -0.4 is 0 Å². The Bertz CT molecular complexity index is 425. The Balaban J connectivity index is 2.11. The van der Waals surface area contributed by atoms with Gasteiger partial charge < -0.3 is 5.11 Å². The highest BCUT2D eigenvalue weighted by molar-refractivity contribution is 7.07. The van der Waals surface area contributed by atoms with Crippen LogP contribution in [0.3, 0.4) is 0 Å². The molecule has 0 fully saturated rings. The lowest BCUT2D eigenvalue weighted by Gasteiger charge is -2.10. The van der Waals surface area contributed by atoms with Gasteiger partial charge in [0.25, 0.3) is 0 Å². The third-order valence-corrected chi connectivity index (χ3v) is 3.05. The molecule has 78 valence electrons. The average molecular weight is 219 g/mol. The molecule has 1 unspecified atom stereocenters. The predicted molar refractivity (Wildman–Crippen MR) is 62.0 cm³/mol. The Labute approximate surface area is 93.2 Å². The summed E-state index contributed by atoms with van der Waals surface area (Å²) in [5, 5.41) is 14.1. The lowest BCUT2D eigenvalue weighted by molar-refractivity contribution is 0.178. The van der Waals surface area contributed by atoms with Gasteiger partial charge in [-0.25, -0.2) is 0 Å². The van der Waals surface area contributed by atoms with Gasteiger partial charge in [0.15, 0.2) is 0 Å². The van der Waals surface area contributed by atoms with Crippen molar-refractivity contribution in [3.05, 3.63) is 52.0 Å². The molecule has 0 aromatic carbocycles. The molecule has 0 bridgehead atoms. The number of rotatable bonds is 3. The van der Waals surface area contributed by atoms with Crippen molar-refractivity contribution in [1.29, 1.82) is 0 Å². The Morgan fingerprint density at radius 1 is 1.47 bits per heavy atom. The standard InChI is InChI=1S/C12H13NOS/c1-9-6-11(2-4-13-9)12(14)7-10-3-5-15-8-10/h2-6,8,12,14H,7H2,1H3. The predicted octanol–water partition coefficient (Wildman–Crippen LogP) is 2.73. The van der Waals surface area contributed by atoms with Crippen LogP contribution in [0.4, 0.5) is 0 Å². The number of aliphatic hydroxyl groups is 1. The van der Waals surface area contributed by atoms with Crippen LogP contribution in [0, 0.1) is 6.92 Å². The van der Waals surface area contributed by atoms with Gasteiger partial charge in [0.2, 0.25) is 0 Å². The normalized spacial score (nSPS) is 12.7. The van der Waals surface area contributed by atoms with E-state index in [0.29, 0.717) is 6.42 Å². The summed E-state index contributed by atoms with van der Waals surface area (Å²) in [6, 6.07) is 5.84. The molecule has 15 heavy (non-hydrogen) atoms. The fourth-order valence-electron chi connectivity index (χ4n) is 1.52. The summed E-state index contributed by atoms with van der Waals surface area (Å²) >= 11 is 1.66. The average Bonchev–Trinajstić information content (AvgIpc) is 2.70. The minimum absolute atomic E-state index is 0.429. The fraction of sp³-hybridized carbons (Fsp3) is 0.250.